The highest BCUT2D eigenvalue weighted by Crippen LogP contribution is 2.11. The molecule has 0 N–H and O–H groups in total. The average Bonchev–Trinajstić information content (AvgIpc) is 2.58. The molecule has 0 bridgehead atoms. The summed E-state index contributed by atoms with van der Waals surface area (Å²) in [5.41, 5.74) is 2.29. The predicted octanol–water partition coefficient (Wildman–Crippen LogP) is 2.46. The number of nitrogens with zero attached hydrogens (tertiary/aromatic N) is 4. The average molecular weight is 338 g/mol. The van der Waals surface area contributed by atoms with Gasteiger partial charge in [0.1, 0.15) is 5.65 Å². The largest absolute Gasteiger partial charge is 0.389 e. The third-order valence-corrected chi connectivity index (χ3v) is 3.45. The fraction of sp³-hybridized carbons (Fsp3) is 0.118. The Morgan fingerprint density at radius 2 is 2.16 bits per heavy atom. The highest BCUT2D eigenvalue weighted by Gasteiger charge is 2.05. The highest BCUT2D eigenvalue weighted by molar-refractivity contribution is 5.80. The lowest BCUT2D eigenvalue weighted by Crippen LogP contribution is -2.15. The normalized spacial score (nSPS) is 11.1. The monoisotopic (exact) mass is 338 g/mol. The fourth-order valence-electron chi connectivity index (χ4n) is 2.25. The van der Waals surface area contributed by atoms with Gasteiger partial charge in [0, 0.05) is 30.0 Å². The Bertz CT molecular complexity index is 1030. The SMILES string of the molecule is Cc1ccn2c(=O)cc(CO/N=C/c3cccc([N+](=O)[O-])c3)nc2c1. The van der Waals surface area contributed by atoms with Crippen molar-refractivity contribution in [3.8, 4) is 0 Å². The second-order valence-corrected chi connectivity index (χ2v) is 5.38. The van der Waals surface area contributed by atoms with Crippen molar-refractivity contribution in [1.29, 1.82) is 0 Å². The van der Waals surface area contributed by atoms with Gasteiger partial charge in [0.25, 0.3) is 11.2 Å². The Hall–Kier alpha value is -3.55. The minimum atomic E-state index is -0.480. The van der Waals surface area contributed by atoms with Crippen LogP contribution in [0.4, 0.5) is 5.69 Å². The maximum atomic E-state index is 12.0. The summed E-state index contributed by atoms with van der Waals surface area (Å²) < 4.78 is 1.45. The molecule has 0 fully saturated rings. The first-order valence-electron chi connectivity index (χ1n) is 7.42. The first-order valence-corrected chi connectivity index (χ1v) is 7.42. The molecule has 1 aromatic carbocycles. The lowest BCUT2D eigenvalue weighted by molar-refractivity contribution is -0.384. The van der Waals surface area contributed by atoms with E-state index >= 15 is 0 Å². The molecule has 126 valence electrons. The van der Waals surface area contributed by atoms with Gasteiger partial charge < -0.3 is 4.84 Å². The molecule has 0 saturated heterocycles. The van der Waals surface area contributed by atoms with E-state index in [0.29, 0.717) is 16.9 Å². The standard InChI is InChI=1S/C17H14N4O4/c1-12-5-6-20-16(7-12)19-14(9-17(20)22)11-25-18-10-13-3-2-4-15(8-13)21(23)24/h2-10H,11H2,1H3/b18-10+. The molecular weight excluding hydrogens is 324 g/mol. The van der Waals surface area contributed by atoms with E-state index in [9.17, 15) is 14.9 Å². The number of nitro groups is 1. The van der Waals surface area contributed by atoms with Gasteiger partial charge in [-0.25, -0.2) is 4.98 Å². The Morgan fingerprint density at radius 3 is 2.96 bits per heavy atom. The van der Waals surface area contributed by atoms with Gasteiger partial charge >= 0.3 is 0 Å². The van der Waals surface area contributed by atoms with Gasteiger partial charge in [-0.05, 0) is 24.6 Å². The number of hydrogen-bond acceptors (Lipinski definition) is 6. The van der Waals surface area contributed by atoms with E-state index in [4.69, 9.17) is 4.84 Å². The van der Waals surface area contributed by atoms with Crippen LogP contribution < -0.4 is 5.56 Å². The lowest BCUT2D eigenvalue weighted by atomic mass is 10.2. The summed E-state index contributed by atoms with van der Waals surface area (Å²) in [7, 11) is 0. The molecule has 0 unspecified atom stereocenters. The predicted molar refractivity (Wildman–Crippen MR) is 91.7 cm³/mol. The van der Waals surface area contributed by atoms with E-state index in [0.717, 1.165) is 5.56 Å². The molecule has 8 nitrogen and oxygen atoms in total. The van der Waals surface area contributed by atoms with Crippen molar-refractivity contribution in [1.82, 2.24) is 9.38 Å². The minimum Gasteiger partial charge on any atom is -0.389 e. The van der Waals surface area contributed by atoms with Crippen molar-refractivity contribution in [2.24, 2.45) is 5.16 Å². The summed E-state index contributed by atoms with van der Waals surface area (Å²) in [6.45, 7) is 1.93. The van der Waals surface area contributed by atoms with Crippen LogP contribution in [0.5, 0.6) is 0 Å². The van der Waals surface area contributed by atoms with Gasteiger partial charge in [-0.3, -0.25) is 19.3 Å². The Kier molecular flexibility index (Phi) is 4.51. The first-order chi connectivity index (χ1) is 12.0. The quantitative estimate of drug-likeness (QED) is 0.404. The number of pyridine rings is 1. The zero-order valence-electron chi connectivity index (χ0n) is 13.3. The molecule has 25 heavy (non-hydrogen) atoms. The summed E-state index contributed by atoms with van der Waals surface area (Å²) in [6, 6.07) is 11.0. The van der Waals surface area contributed by atoms with Crippen molar-refractivity contribution in [2.75, 3.05) is 0 Å². The number of aryl methyl sites for hydroxylation is 1. The van der Waals surface area contributed by atoms with Crippen LogP contribution in [0.15, 0.2) is 58.6 Å². The van der Waals surface area contributed by atoms with Gasteiger partial charge in [0.05, 0.1) is 16.8 Å². The van der Waals surface area contributed by atoms with Gasteiger partial charge in [-0.15, -0.1) is 0 Å². The molecule has 0 saturated carbocycles. The van der Waals surface area contributed by atoms with Gasteiger partial charge in [-0.2, -0.15) is 0 Å². The van der Waals surface area contributed by atoms with Crippen LogP contribution in [0.25, 0.3) is 5.65 Å². The molecule has 0 atom stereocenters. The molecule has 2 aromatic heterocycles. The second-order valence-electron chi connectivity index (χ2n) is 5.38. The van der Waals surface area contributed by atoms with E-state index in [1.54, 1.807) is 24.4 Å². The van der Waals surface area contributed by atoms with E-state index < -0.39 is 4.92 Å². The topological polar surface area (TPSA) is 99.1 Å². The second kappa shape index (κ2) is 6.91. The molecule has 0 amide bonds. The van der Waals surface area contributed by atoms with Crippen LogP contribution >= 0.6 is 0 Å². The smallest absolute Gasteiger partial charge is 0.270 e. The summed E-state index contributed by atoms with van der Waals surface area (Å²) in [4.78, 5) is 31.8. The summed E-state index contributed by atoms with van der Waals surface area (Å²) in [5, 5.41) is 14.5. The van der Waals surface area contributed by atoms with Crippen LogP contribution in [0, 0.1) is 17.0 Å². The Labute approximate surface area is 142 Å². The van der Waals surface area contributed by atoms with Gasteiger partial charge in [0.15, 0.2) is 6.61 Å². The zero-order valence-corrected chi connectivity index (χ0v) is 13.3. The maximum Gasteiger partial charge on any atom is 0.270 e. The lowest BCUT2D eigenvalue weighted by Gasteiger charge is -2.04. The number of oxime groups is 1. The van der Waals surface area contributed by atoms with Crippen LogP contribution in [0.3, 0.4) is 0 Å². The number of hydrogen-bond donors (Lipinski definition) is 0. The molecule has 0 radical (unpaired) electrons. The van der Waals surface area contributed by atoms with Crippen molar-refractivity contribution < 1.29 is 9.76 Å². The van der Waals surface area contributed by atoms with Crippen molar-refractivity contribution >= 4 is 17.5 Å². The van der Waals surface area contributed by atoms with E-state index in [-0.39, 0.29) is 17.9 Å². The molecule has 3 rings (SSSR count). The Balaban J connectivity index is 1.71. The van der Waals surface area contributed by atoms with Gasteiger partial charge in [-0.1, -0.05) is 17.3 Å². The van der Waals surface area contributed by atoms with Crippen LogP contribution in [0.2, 0.25) is 0 Å². The van der Waals surface area contributed by atoms with Crippen molar-refractivity contribution in [3.05, 3.63) is 86.0 Å². The van der Waals surface area contributed by atoms with Crippen molar-refractivity contribution in [3.63, 3.8) is 0 Å². The zero-order chi connectivity index (χ0) is 17.8. The minimum absolute atomic E-state index is 0.0190. The number of fused-ring (bicyclic) bond motifs is 1. The van der Waals surface area contributed by atoms with Crippen LogP contribution in [-0.4, -0.2) is 20.5 Å². The number of rotatable bonds is 5. The molecule has 0 aliphatic carbocycles. The van der Waals surface area contributed by atoms with Crippen LogP contribution in [-0.2, 0) is 11.4 Å². The van der Waals surface area contributed by atoms with E-state index in [2.05, 4.69) is 10.1 Å². The summed E-state index contributed by atoms with van der Waals surface area (Å²) in [6.07, 6.45) is 3.04. The molecule has 0 spiro atoms. The molecule has 3 aromatic rings. The van der Waals surface area contributed by atoms with Crippen molar-refractivity contribution in [2.45, 2.75) is 13.5 Å². The number of aromatic nitrogens is 2. The third-order valence-electron chi connectivity index (χ3n) is 3.45. The highest BCUT2D eigenvalue weighted by atomic mass is 16.6. The molecule has 2 heterocycles. The molecular formula is C17H14N4O4. The fourth-order valence-corrected chi connectivity index (χ4v) is 2.25. The number of benzene rings is 1. The number of nitro benzene ring substituents is 1. The van der Waals surface area contributed by atoms with Gasteiger partial charge in [0.2, 0.25) is 0 Å². The molecule has 0 aliphatic rings. The molecule has 0 aliphatic heterocycles. The number of non-ortho nitro benzene ring substituents is 1. The maximum absolute atomic E-state index is 12.0. The third kappa shape index (κ3) is 3.86. The Morgan fingerprint density at radius 1 is 1.32 bits per heavy atom. The first kappa shape index (κ1) is 16.3. The van der Waals surface area contributed by atoms with E-state index in [1.807, 2.05) is 13.0 Å². The molecule has 8 heteroatoms. The van der Waals surface area contributed by atoms with Crippen LogP contribution in [0.1, 0.15) is 16.8 Å². The van der Waals surface area contributed by atoms with E-state index in [1.165, 1.54) is 28.8 Å². The summed E-state index contributed by atoms with van der Waals surface area (Å²) >= 11 is 0. The summed E-state index contributed by atoms with van der Waals surface area (Å²) in [5.74, 6) is 0.